The van der Waals surface area contributed by atoms with E-state index in [-0.39, 0.29) is 17.8 Å². The number of carbonyl (C=O) groups is 1. The monoisotopic (exact) mass is 379 g/mol. The molecule has 2 aromatic rings. The van der Waals surface area contributed by atoms with Crippen LogP contribution < -0.4 is 0 Å². The topological polar surface area (TPSA) is 81.3 Å². The summed E-state index contributed by atoms with van der Waals surface area (Å²) in [7, 11) is 0. The first kappa shape index (κ1) is 19.2. The summed E-state index contributed by atoms with van der Waals surface area (Å²) in [6.07, 6.45) is 2.32. The van der Waals surface area contributed by atoms with Crippen LogP contribution in [0.4, 0.5) is 0 Å². The highest BCUT2D eigenvalue weighted by atomic mass is 32.1. The number of aromatic carboxylic acids is 1. The normalized spacial score (nSPS) is 24.0. The molecule has 27 heavy (non-hydrogen) atoms. The van der Waals surface area contributed by atoms with Crippen LogP contribution in [0.5, 0.6) is 0 Å². The summed E-state index contributed by atoms with van der Waals surface area (Å²) >= 11 is 1.30. The molecule has 1 heterocycles. The van der Waals surface area contributed by atoms with Gasteiger partial charge in [0, 0.05) is 10.4 Å². The van der Waals surface area contributed by atoms with E-state index in [1.165, 1.54) is 11.3 Å². The largest absolute Gasteiger partial charge is 0.477 e. The Kier molecular flexibility index (Phi) is 6.29. The van der Waals surface area contributed by atoms with Gasteiger partial charge in [0.2, 0.25) is 0 Å². The summed E-state index contributed by atoms with van der Waals surface area (Å²) in [4.78, 5) is 12.4. The first-order valence-corrected chi connectivity index (χ1v) is 9.86. The molecule has 1 fully saturated rings. The number of carboxylic acid groups (broad SMARTS) is 1. The average Bonchev–Trinajstić information content (AvgIpc) is 3.26. The molecule has 1 aliphatic rings. The lowest BCUT2D eigenvalue weighted by Gasteiger charge is -2.18. The summed E-state index contributed by atoms with van der Waals surface area (Å²) in [6, 6.07) is 15.5. The molecule has 1 aromatic heterocycles. The fourth-order valence-electron chi connectivity index (χ4n) is 3.68. The van der Waals surface area contributed by atoms with Crippen LogP contribution in [0.3, 0.4) is 0 Å². The van der Waals surface area contributed by atoms with Gasteiger partial charge >= 0.3 is 5.97 Å². The van der Waals surface area contributed by atoms with Crippen molar-refractivity contribution in [2.45, 2.75) is 31.8 Å². The second-order valence-electron chi connectivity index (χ2n) is 6.83. The van der Waals surface area contributed by atoms with Gasteiger partial charge in [0.05, 0.1) is 24.0 Å². The lowest BCUT2D eigenvalue weighted by atomic mass is 9.85. The molecule has 5 heteroatoms. The van der Waals surface area contributed by atoms with Gasteiger partial charge in [0.15, 0.2) is 0 Å². The van der Waals surface area contributed by atoms with E-state index >= 15 is 0 Å². The minimum Gasteiger partial charge on any atom is -0.477 e. The maximum atomic E-state index is 11.0. The number of aliphatic hydroxyl groups is 1. The van der Waals surface area contributed by atoms with Crippen LogP contribution in [-0.2, 0) is 6.42 Å². The van der Waals surface area contributed by atoms with E-state index < -0.39 is 12.1 Å². The molecule has 2 N–H and O–H groups in total. The Morgan fingerprint density at radius 3 is 2.67 bits per heavy atom. The lowest BCUT2D eigenvalue weighted by Crippen LogP contribution is -2.19. The van der Waals surface area contributed by atoms with Crippen LogP contribution in [0, 0.1) is 40.9 Å². The van der Waals surface area contributed by atoms with Gasteiger partial charge in [0.1, 0.15) is 4.88 Å². The summed E-state index contributed by atoms with van der Waals surface area (Å²) in [5, 5.41) is 28.9. The van der Waals surface area contributed by atoms with Crippen molar-refractivity contribution in [3.63, 3.8) is 0 Å². The van der Waals surface area contributed by atoms with E-state index in [1.54, 1.807) is 6.07 Å². The molecule has 0 saturated heterocycles. The van der Waals surface area contributed by atoms with Gasteiger partial charge in [-0.3, -0.25) is 0 Å². The van der Waals surface area contributed by atoms with Gasteiger partial charge in [-0.25, -0.2) is 4.79 Å². The van der Waals surface area contributed by atoms with Crippen LogP contribution in [0.2, 0.25) is 0 Å². The Morgan fingerprint density at radius 2 is 2.00 bits per heavy atom. The highest BCUT2D eigenvalue weighted by Crippen LogP contribution is 2.40. The number of carboxylic acids is 1. The molecule has 1 aromatic carbocycles. The number of nitriles is 1. The fraction of sp³-hybridized carbons (Fsp3) is 0.364. The number of thiophene rings is 1. The molecule has 0 amide bonds. The molecule has 4 unspecified atom stereocenters. The van der Waals surface area contributed by atoms with Crippen molar-refractivity contribution in [2.75, 3.05) is 0 Å². The van der Waals surface area contributed by atoms with E-state index in [9.17, 15) is 15.2 Å². The maximum Gasteiger partial charge on any atom is 0.345 e. The molecule has 0 aliphatic heterocycles. The number of aliphatic hydroxyl groups excluding tert-OH is 1. The minimum absolute atomic E-state index is 0.0418. The molecule has 4 atom stereocenters. The Hall–Kier alpha value is -2.60. The highest BCUT2D eigenvalue weighted by molar-refractivity contribution is 7.13. The third kappa shape index (κ3) is 4.77. The molecule has 0 spiro atoms. The zero-order valence-electron chi connectivity index (χ0n) is 14.8. The second-order valence-corrected chi connectivity index (χ2v) is 8.00. The van der Waals surface area contributed by atoms with Crippen molar-refractivity contribution < 1.29 is 15.0 Å². The Bertz CT molecular complexity index is 888. The van der Waals surface area contributed by atoms with E-state index in [1.807, 2.05) is 36.4 Å². The standard InChI is InChI=1S/C22H21NO3S/c23-14-16-13-20(24)19(11-9-15-5-2-1-3-6-15)18(16)8-4-7-17-10-12-21(27-17)22(25)26/h1-3,5-6,10,12,16,18-20,24H,4,7-8,13H2,(H,25,26). The summed E-state index contributed by atoms with van der Waals surface area (Å²) < 4.78 is 0. The van der Waals surface area contributed by atoms with E-state index in [4.69, 9.17) is 5.11 Å². The molecular weight excluding hydrogens is 358 g/mol. The van der Waals surface area contributed by atoms with Gasteiger partial charge < -0.3 is 10.2 Å². The van der Waals surface area contributed by atoms with Crippen molar-refractivity contribution in [3.05, 3.63) is 57.8 Å². The summed E-state index contributed by atoms with van der Waals surface area (Å²) in [6.45, 7) is 0. The number of hydrogen-bond acceptors (Lipinski definition) is 4. The molecule has 0 bridgehead atoms. The van der Waals surface area contributed by atoms with Crippen LogP contribution in [-0.4, -0.2) is 22.3 Å². The van der Waals surface area contributed by atoms with Gasteiger partial charge in [-0.2, -0.15) is 5.26 Å². The maximum absolute atomic E-state index is 11.0. The number of rotatable bonds is 5. The predicted molar refractivity (Wildman–Crippen MR) is 104 cm³/mol. The number of hydrogen-bond donors (Lipinski definition) is 2. The van der Waals surface area contributed by atoms with E-state index in [2.05, 4.69) is 17.9 Å². The zero-order chi connectivity index (χ0) is 19.2. The van der Waals surface area contributed by atoms with Crippen LogP contribution in [0.25, 0.3) is 0 Å². The van der Waals surface area contributed by atoms with Gasteiger partial charge in [0.25, 0.3) is 0 Å². The van der Waals surface area contributed by atoms with Crippen molar-refractivity contribution in [3.8, 4) is 17.9 Å². The van der Waals surface area contributed by atoms with Crippen LogP contribution in [0.1, 0.15) is 39.4 Å². The molecular formula is C22H21NO3S. The zero-order valence-corrected chi connectivity index (χ0v) is 15.7. The molecule has 1 aliphatic carbocycles. The van der Waals surface area contributed by atoms with Gasteiger partial charge in [-0.05, 0) is 55.9 Å². The van der Waals surface area contributed by atoms with Gasteiger partial charge in [-0.15, -0.1) is 11.3 Å². The molecule has 1 saturated carbocycles. The van der Waals surface area contributed by atoms with Gasteiger partial charge in [-0.1, -0.05) is 30.0 Å². The molecule has 0 radical (unpaired) electrons. The quantitative estimate of drug-likeness (QED) is 0.771. The molecule has 4 nitrogen and oxygen atoms in total. The van der Waals surface area contributed by atoms with Crippen molar-refractivity contribution in [1.82, 2.24) is 0 Å². The lowest BCUT2D eigenvalue weighted by molar-refractivity contribution is 0.0702. The number of benzene rings is 1. The Labute approximate surface area is 163 Å². The van der Waals surface area contributed by atoms with E-state index in [0.29, 0.717) is 11.3 Å². The summed E-state index contributed by atoms with van der Waals surface area (Å²) in [5.74, 6) is 5.09. The SMILES string of the molecule is N#CC1CC(O)C(C#Cc2ccccc2)C1CCCc1ccc(C(=O)O)s1. The Morgan fingerprint density at radius 1 is 1.22 bits per heavy atom. The second kappa shape index (κ2) is 8.86. The highest BCUT2D eigenvalue weighted by Gasteiger charge is 2.41. The minimum atomic E-state index is -0.897. The Balaban J connectivity index is 1.65. The smallest absolute Gasteiger partial charge is 0.345 e. The first-order chi connectivity index (χ1) is 13.1. The predicted octanol–water partition coefficient (Wildman–Crippen LogP) is 3.96. The first-order valence-electron chi connectivity index (χ1n) is 9.04. The van der Waals surface area contributed by atoms with E-state index in [0.717, 1.165) is 29.7 Å². The summed E-state index contributed by atoms with van der Waals surface area (Å²) in [5.41, 5.74) is 0.906. The average molecular weight is 379 g/mol. The fourth-order valence-corrected chi connectivity index (χ4v) is 4.57. The third-order valence-electron chi connectivity index (χ3n) is 5.04. The molecule has 138 valence electrons. The van der Waals surface area contributed by atoms with Crippen molar-refractivity contribution in [2.24, 2.45) is 17.8 Å². The number of aryl methyl sites for hydroxylation is 1. The third-order valence-corrected chi connectivity index (χ3v) is 6.18. The van der Waals surface area contributed by atoms with Crippen molar-refractivity contribution in [1.29, 1.82) is 5.26 Å². The van der Waals surface area contributed by atoms with Crippen LogP contribution in [0.15, 0.2) is 42.5 Å². The number of nitrogens with zero attached hydrogens (tertiary/aromatic N) is 1. The van der Waals surface area contributed by atoms with Crippen molar-refractivity contribution >= 4 is 17.3 Å². The molecule has 3 rings (SSSR count). The van der Waals surface area contributed by atoms with Crippen LogP contribution >= 0.6 is 11.3 Å².